The van der Waals surface area contributed by atoms with Crippen molar-refractivity contribution in [2.45, 2.75) is 12.8 Å². The van der Waals surface area contributed by atoms with Crippen LogP contribution in [0.2, 0.25) is 0 Å². The number of para-hydroxylation sites is 1. The van der Waals surface area contributed by atoms with Crippen LogP contribution in [0.5, 0.6) is 17.2 Å². The number of carbonyl (C=O) groups excluding carboxylic acids is 3. The number of nitrogens with zero attached hydrogens (tertiary/aromatic N) is 3. The average molecular weight is 515 g/mol. The van der Waals surface area contributed by atoms with Crippen LogP contribution in [0.3, 0.4) is 0 Å². The SMILES string of the molecule is COc1ccc(C(=O)N2CCN(c3ccc4c(c3)CCC(=O)N4C(=O)c3ccccc3[O-])CC2)cc1OC. The molecule has 0 radical (unpaired) electrons. The molecule has 2 heterocycles. The molecule has 0 atom stereocenters. The first-order chi connectivity index (χ1) is 18.4. The molecule has 1 saturated heterocycles. The van der Waals surface area contributed by atoms with Gasteiger partial charge in [0, 0.05) is 49.4 Å². The van der Waals surface area contributed by atoms with Crippen molar-refractivity contribution in [1.82, 2.24) is 4.90 Å². The molecule has 5 rings (SSSR count). The third-order valence-electron chi connectivity index (χ3n) is 7.04. The second-order valence-electron chi connectivity index (χ2n) is 9.19. The van der Waals surface area contributed by atoms with Crippen LogP contribution < -0.4 is 24.4 Å². The summed E-state index contributed by atoms with van der Waals surface area (Å²) in [7, 11) is 3.09. The quantitative estimate of drug-likeness (QED) is 0.483. The Bertz CT molecular complexity index is 1400. The molecule has 0 spiro atoms. The molecule has 2 aliphatic heterocycles. The van der Waals surface area contributed by atoms with E-state index < -0.39 is 11.7 Å². The molecule has 0 saturated carbocycles. The number of methoxy groups -OCH3 is 2. The van der Waals surface area contributed by atoms with E-state index in [-0.39, 0.29) is 23.8 Å². The number of amides is 3. The first kappa shape index (κ1) is 25.1. The van der Waals surface area contributed by atoms with Gasteiger partial charge in [0.1, 0.15) is 0 Å². The van der Waals surface area contributed by atoms with Gasteiger partial charge in [-0.2, -0.15) is 0 Å². The Kier molecular flexibility index (Phi) is 6.91. The van der Waals surface area contributed by atoms with Crippen molar-refractivity contribution in [2.75, 3.05) is 50.2 Å². The summed E-state index contributed by atoms with van der Waals surface area (Å²) >= 11 is 0. The normalized spacial score (nSPS) is 15.2. The first-order valence-corrected chi connectivity index (χ1v) is 12.4. The highest BCUT2D eigenvalue weighted by molar-refractivity contribution is 6.23. The molecule has 0 N–H and O–H groups in total. The molecule has 2 aliphatic rings. The number of imide groups is 1. The van der Waals surface area contributed by atoms with Crippen molar-refractivity contribution in [3.8, 4) is 17.2 Å². The maximum Gasteiger partial charge on any atom is 0.264 e. The zero-order chi connectivity index (χ0) is 26.8. The Morgan fingerprint density at radius 1 is 0.816 bits per heavy atom. The molecule has 9 heteroatoms. The topological polar surface area (TPSA) is 102 Å². The van der Waals surface area contributed by atoms with Gasteiger partial charge in [0.2, 0.25) is 5.91 Å². The van der Waals surface area contributed by atoms with Crippen molar-refractivity contribution < 1.29 is 29.0 Å². The van der Waals surface area contributed by atoms with Gasteiger partial charge in [-0.25, -0.2) is 4.90 Å². The number of hydrogen-bond acceptors (Lipinski definition) is 7. The molecular formula is C29H28N3O6-. The fourth-order valence-corrected chi connectivity index (χ4v) is 4.98. The smallest absolute Gasteiger partial charge is 0.264 e. The number of fused-ring (bicyclic) bond motifs is 1. The Labute approximate surface area is 220 Å². The lowest BCUT2D eigenvalue weighted by Crippen LogP contribution is -2.49. The van der Waals surface area contributed by atoms with Crippen LogP contribution in [0.4, 0.5) is 11.4 Å². The van der Waals surface area contributed by atoms with E-state index in [0.717, 1.165) is 16.2 Å². The Morgan fingerprint density at radius 2 is 1.55 bits per heavy atom. The number of aryl methyl sites for hydroxylation is 1. The molecule has 3 amide bonds. The van der Waals surface area contributed by atoms with Crippen LogP contribution in [-0.4, -0.2) is 63.0 Å². The van der Waals surface area contributed by atoms with Crippen molar-refractivity contribution in [3.63, 3.8) is 0 Å². The van der Waals surface area contributed by atoms with Gasteiger partial charge in [-0.15, -0.1) is 0 Å². The number of benzene rings is 3. The highest BCUT2D eigenvalue weighted by Gasteiger charge is 2.31. The number of anilines is 2. The third kappa shape index (κ3) is 4.63. The fraction of sp³-hybridized carbons (Fsp3) is 0.276. The summed E-state index contributed by atoms with van der Waals surface area (Å²) < 4.78 is 10.6. The van der Waals surface area contributed by atoms with Gasteiger partial charge < -0.3 is 24.4 Å². The van der Waals surface area contributed by atoms with Gasteiger partial charge in [0.05, 0.1) is 19.9 Å². The average Bonchev–Trinajstić information content (AvgIpc) is 2.96. The number of carbonyl (C=O) groups is 3. The van der Waals surface area contributed by atoms with E-state index in [9.17, 15) is 19.5 Å². The zero-order valence-corrected chi connectivity index (χ0v) is 21.3. The van der Waals surface area contributed by atoms with Crippen molar-refractivity contribution in [1.29, 1.82) is 0 Å². The molecule has 0 aliphatic carbocycles. The lowest BCUT2D eigenvalue weighted by atomic mass is 9.98. The van der Waals surface area contributed by atoms with E-state index in [1.165, 1.54) is 19.2 Å². The summed E-state index contributed by atoms with van der Waals surface area (Å²) in [5, 5.41) is 12.2. The van der Waals surface area contributed by atoms with Gasteiger partial charge in [0.25, 0.3) is 11.8 Å². The maximum absolute atomic E-state index is 13.1. The maximum atomic E-state index is 13.1. The van der Waals surface area contributed by atoms with E-state index in [2.05, 4.69) is 4.90 Å². The van der Waals surface area contributed by atoms with Gasteiger partial charge in [-0.05, 0) is 48.4 Å². The van der Waals surface area contributed by atoms with E-state index in [4.69, 9.17) is 9.47 Å². The first-order valence-electron chi connectivity index (χ1n) is 12.4. The molecular weight excluding hydrogens is 486 g/mol. The standard InChI is InChI=1S/C29H29N3O6/c1-37-25-11-7-20(18-26(25)38-2)28(35)31-15-13-30(14-16-31)21-9-10-23-19(17-21)8-12-27(34)32(23)29(36)22-5-3-4-6-24(22)33/h3-7,9-11,17-18,33H,8,12-16H2,1-2H3/p-1. The van der Waals surface area contributed by atoms with Crippen LogP contribution in [0.15, 0.2) is 60.7 Å². The highest BCUT2D eigenvalue weighted by atomic mass is 16.5. The van der Waals surface area contributed by atoms with Crippen molar-refractivity contribution in [2.24, 2.45) is 0 Å². The predicted molar refractivity (Wildman–Crippen MR) is 140 cm³/mol. The van der Waals surface area contributed by atoms with Gasteiger partial charge in [-0.3, -0.25) is 14.4 Å². The lowest BCUT2D eigenvalue weighted by Gasteiger charge is -2.37. The van der Waals surface area contributed by atoms with E-state index >= 15 is 0 Å². The minimum Gasteiger partial charge on any atom is -0.872 e. The van der Waals surface area contributed by atoms with Gasteiger partial charge in [0.15, 0.2) is 11.5 Å². The van der Waals surface area contributed by atoms with Crippen molar-refractivity contribution >= 4 is 29.1 Å². The fourth-order valence-electron chi connectivity index (χ4n) is 4.98. The van der Waals surface area contributed by atoms with E-state index in [1.54, 1.807) is 43.5 Å². The monoisotopic (exact) mass is 514 g/mol. The largest absolute Gasteiger partial charge is 0.872 e. The molecule has 3 aromatic rings. The molecule has 38 heavy (non-hydrogen) atoms. The van der Waals surface area contributed by atoms with E-state index in [0.29, 0.717) is 55.3 Å². The summed E-state index contributed by atoms with van der Waals surface area (Å²) in [6.45, 7) is 2.38. The Hall–Kier alpha value is -4.53. The Balaban J connectivity index is 1.30. The molecule has 0 unspecified atom stereocenters. The second-order valence-corrected chi connectivity index (χ2v) is 9.19. The van der Waals surface area contributed by atoms with Crippen LogP contribution in [-0.2, 0) is 11.2 Å². The molecule has 0 aromatic heterocycles. The number of ether oxygens (including phenoxy) is 2. The second kappa shape index (κ2) is 10.5. The highest BCUT2D eigenvalue weighted by Crippen LogP contribution is 2.34. The third-order valence-corrected chi connectivity index (χ3v) is 7.04. The van der Waals surface area contributed by atoms with Crippen molar-refractivity contribution in [3.05, 3.63) is 77.4 Å². The number of rotatable bonds is 5. The molecule has 196 valence electrons. The molecule has 1 fully saturated rings. The summed E-state index contributed by atoms with van der Waals surface area (Å²) in [4.78, 5) is 44.0. The number of hydrogen-bond donors (Lipinski definition) is 0. The summed E-state index contributed by atoms with van der Waals surface area (Å²) in [6, 6.07) is 16.8. The van der Waals surface area contributed by atoms with Crippen LogP contribution >= 0.6 is 0 Å². The van der Waals surface area contributed by atoms with E-state index in [1.807, 2.05) is 17.0 Å². The molecule has 9 nitrogen and oxygen atoms in total. The number of piperazine rings is 1. The molecule has 0 bridgehead atoms. The lowest BCUT2D eigenvalue weighted by molar-refractivity contribution is -0.268. The summed E-state index contributed by atoms with van der Waals surface area (Å²) in [6.07, 6.45) is 0.708. The zero-order valence-electron chi connectivity index (χ0n) is 21.3. The minimum absolute atomic E-state index is 0.0203. The predicted octanol–water partition coefficient (Wildman–Crippen LogP) is 2.86. The van der Waals surface area contributed by atoms with Crippen LogP contribution in [0.25, 0.3) is 0 Å². The Morgan fingerprint density at radius 3 is 2.26 bits per heavy atom. The summed E-state index contributed by atoms with van der Waals surface area (Å²) in [5.74, 6) is -0.314. The van der Waals surface area contributed by atoms with Crippen LogP contribution in [0.1, 0.15) is 32.7 Å². The molecule has 3 aromatic carbocycles. The van der Waals surface area contributed by atoms with Gasteiger partial charge in [-0.1, -0.05) is 30.0 Å². The summed E-state index contributed by atoms with van der Waals surface area (Å²) in [5.41, 5.74) is 2.88. The van der Waals surface area contributed by atoms with Gasteiger partial charge >= 0.3 is 0 Å². The van der Waals surface area contributed by atoms with Crippen LogP contribution in [0, 0.1) is 0 Å². The minimum atomic E-state index is -0.600.